The molecule has 0 spiro atoms. The predicted octanol–water partition coefficient (Wildman–Crippen LogP) is 9.84. The molecule has 392 valence electrons. The number of hydrogen-bond donors (Lipinski definition) is 5. The summed E-state index contributed by atoms with van der Waals surface area (Å²) < 4.78 is 33.2. The Kier molecular flexibility index (Phi) is 21.7. The number of ether oxygens (including phenoxy) is 3. The quantitative estimate of drug-likeness (QED) is 0.0219. The van der Waals surface area contributed by atoms with E-state index in [2.05, 4.69) is 39.0 Å². The Morgan fingerprint density at radius 1 is 0.500 bits per heavy atom. The summed E-state index contributed by atoms with van der Waals surface area (Å²) in [5.74, 6) is 2.96. The van der Waals surface area contributed by atoms with E-state index in [1.807, 2.05) is 19.9 Å². The Labute approximate surface area is 449 Å². The van der Waals surface area contributed by atoms with Gasteiger partial charge < -0.3 is 48.9 Å². The van der Waals surface area contributed by atoms with E-state index in [1.54, 1.807) is 121 Å². The van der Waals surface area contributed by atoms with E-state index in [9.17, 15) is 41.2 Å². The highest BCUT2D eigenvalue weighted by atomic mass is 16.6. The SMILES string of the molecule is CCCCCCCC(C)(OB(c1ccc(Oc2ccc(C#N)cc2)cc1CO)C(CC)(CCCC(C)C)OB(O)c1ccc(Oc2ccc(C#N)cc2)cc1CO)B(O)c1ccc(Oc2ccc(C#N)cc2)cc1CO. The van der Waals surface area contributed by atoms with Crippen LogP contribution in [0.3, 0.4) is 0 Å². The van der Waals surface area contributed by atoms with Gasteiger partial charge in [-0.05, 0) is 174 Å². The average molecular weight is 1020 g/mol. The Balaban J connectivity index is 1.49. The van der Waals surface area contributed by atoms with Crippen molar-refractivity contribution < 1.29 is 48.9 Å². The summed E-state index contributed by atoms with van der Waals surface area (Å²) in [5, 5.41) is 86.6. The highest BCUT2D eigenvalue weighted by Gasteiger charge is 2.53. The van der Waals surface area contributed by atoms with Crippen LogP contribution >= 0.6 is 0 Å². The monoisotopic (exact) mass is 1020 g/mol. The first-order valence-corrected chi connectivity index (χ1v) is 26.2. The average Bonchev–Trinajstić information content (AvgIpc) is 3.45. The van der Waals surface area contributed by atoms with Crippen LogP contribution in [0, 0.1) is 39.9 Å². The molecule has 0 fully saturated rings. The van der Waals surface area contributed by atoms with Gasteiger partial charge >= 0.3 is 20.9 Å². The lowest BCUT2D eigenvalue weighted by Gasteiger charge is -2.45. The second-order valence-corrected chi connectivity index (χ2v) is 19.8. The van der Waals surface area contributed by atoms with E-state index < -0.39 is 51.8 Å². The van der Waals surface area contributed by atoms with E-state index in [4.69, 9.17) is 23.5 Å². The molecule has 0 aliphatic carbocycles. The second-order valence-electron chi connectivity index (χ2n) is 19.8. The van der Waals surface area contributed by atoms with Crippen molar-refractivity contribution in [2.75, 3.05) is 0 Å². The molecular formula is C60H68B3N3O10. The van der Waals surface area contributed by atoms with E-state index >= 15 is 0 Å². The number of aliphatic hydroxyl groups is 3. The van der Waals surface area contributed by atoms with Gasteiger partial charge in [-0.15, -0.1) is 0 Å². The fourth-order valence-corrected chi connectivity index (χ4v) is 9.50. The fraction of sp³-hybridized carbons (Fsp3) is 0.350. The van der Waals surface area contributed by atoms with Crippen LogP contribution in [-0.4, -0.2) is 57.3 Å². The highest BCUT2D eigenvalue weighted by Crippen LogP contribution is 2.36. The molecule has 0 saturated heterocycles. The van der Waals surface area contributed by atoms with Gasteiger partial charge in [-0.1, -0.05) is 90.8 Å². The topological polar surface area (TPSA) is 219 Å². The molecule has 0 aliphatic rings. The summed E-state index contributed by atoms with van der Waals surface area (Å²) >= 11 is 0. The van der Waals surface area contributed by atoms with Crippen LogP contribution in [0.4, 0.5) is 0 Å². The summed E-state index contributed by atoms with van der Waals surface area (Å²) in [6, 6.07) is 41.6. The van der Waals surface area contributed by atoms with Crippen molar-refractivity contribution in [1.82, 2.24) is 0 Å². The molecule has 6 aromatic rings. The number of rotatable bonds is 29. The normalized spacial score (nSPS) is 12.6. The molecule has 0 bridgehead atoms. The first-order chi connectivity index (χ1) is 36.7. The van der Waals surface area contributed by atoms with Gasteiger partial charge in [-0.2, -0.15) is 15.8 Å². The van der Waals surface area contributed by atoms with Gasteiger partial charge in [0.1, 0.15) is 34.5 Å². The molecule has 2 atom stereocenters. The van der Waals surface area contributed by atoms with Gasteiger partial charge in [0.2, 0.25) is 0 Å². The van der Waals surface area contributed by atoms with Crippen LogP contribution in [-0.2, 0) is 29.1 Å². The molecule has 76 heavy (non-hydrogen) atoms. The highest BCUT2D eigenvalue weighted by molar-refractivity contribution is 6.75. The van der Waals surface area contributed by atoms with Crippen LogP contribution < -0.4 is 30.6 Å². The van der Waals surface area contributed by atoms with Crippen molar-refractivity contribution in [1.29, 1.82) is 15.8 Å². The maximum absolute atomic E-state index is 13.0. The largest absolute Gasteiger partial charge is 0.491 e. The van der Waals surface area contributed by atoms with Gasteiger partial charge in [0.05, 0.1) is 65.7 Å². The first-order valence-electron chi connectivity index (χ1n) is 26.2. The molecular weight excluding hydrogens is 955 g/mol. The lowest BCUT2D eigenvalue weighted by molar-refractivity contribution is 0.0597. The number of aliphatic hydroxyl groups excluding tert-OH is 3. The zero-order valence-electron chi connectivity index (χ0n) is 44.2. The van der Waals surface area contributed by atoms with Crippen LogP contribution in [0.25, 0.3) is 0 Å². The Hall–Kier alpha value is -6.90. The number of hydrogen-bond acceptors (Lipinski definition) is 13. The molecule has 6 rings (SSSR count). The zero-order chi connectivity index (χ0) is 54.7. The summed E-state index contributed by atoms with van der Waals surface area (Å²) in [7, 11) is -1.62. The summed E-state index contributed by atoms with van der Waals surface area (Å²) in [6.07, 6.45) is 7.01. The summed E-state index contributed by atoms with van der Waals surface area (Å²) in [5.41, 5.74) is 1.08. The van der Waals surface area contributed by atoms with Crippen molar-refractivity contribution in [2.24, 2.45) is 5.92 Å². The smallest absolute Gasteiger partial charge is 0.457 e. The molecule has 0 heterocycles. The van der Waals surface area contributed by atoms with Gasteiger partial charge in [-0.25, -0.2) is 0 Å². The van der Waals surface area contributed by atoms with Crippen molar-refractivity contribution >= 4 is 37.3 Å². The third-order valence-corrected chi connectivity index (χ3v) is 13.9. The Morgan fingerprint density at radius 3 is 1.33 bits per heavy atom. The number of nitriles is 3. The van der Waals surface area contributed by atoms with Crippen molar-refractivity contribution in [3.8, 4) is 52.7 Å². The molecule has 6 aromatic carbocycles. The van der Waals surface area contributed by atoms with Gasteiger partial charge in [0.25, 0.3) is 0 Å². The minimum absolute atomic E-state index is 0.279. The Bertz CT molecular complexity index is 2940. The molecule has 0 aromatic heterocycles. The minimum atomic E-state index is -1.62. The number of nitrogens with zero attached hydrogens (tertiary/aromatic N) is 3. The first kappa shape index (κ1) is 58.4. The molecule has 0 aliphatic heterocycles. The standard InChI is InChI=1S/C60H68B3N3O10/c1-6-8-9-10-11-32-59(5,61(70)56-29-26-53(34-47(56)40-67)72-50-20-14-44(37-64)15-21-50)75-62(57-30-27-54(35-48(57)41-68)73-51-22-16-45(38-65)17-23-51)60(7-2,33-12-13-43(3)4)76-63(71)58-31-28-55(36-49(58)42-69)74-52-24-18-46(39-66)19-25-52/h14-31,34-36,43,67-71H,6-13,32-33,40-42H2,1-5H3. The molecule has 0 amide bonds. The minimum Gasteiger partial charge on any atom is -0.457 e. The maximum Gasteiger partial charge on any atom is 0.491 e. The van der Waals surface area contributed by atoms with Crippen molar-refractivity contribution in [3.63, 3.8) is 0 Å². The summed E-state index contributed by atoms with van der Waals surface area (Å²) in [6.45, 7) is 6.44. The third-order valence-electron chi connectivity index (χ3n) is 13.9. The zero-order valence-corrected chi connectivity index (χ0v) is 44.2. The van der Waals surface area contributed by atoms with E-state index in [-0.39, 0.29) is 6.42 Å². The van der Waals surface area contributed by atoms with Crippen LogP contribution in [0.2, 0.25) is 0 Å². The van der Waals surface area contributed by atoms with Gasteiger partial charge in [-0.3, -0.25) is 0 Å². The van der Waals surface area contributed by atoms with E-state index in [1.165, 1.54) is 0 Å². The Morgan fingerprint density at radius 2 is 0.908 bits per heavy atom. The van der Waals surface area contributed by atoms with Crippen LogP contribution in [0.1, 0.15) is 132 Å². The lowest BCUT2D eigenvalue weighted by Crippen LogP contribution is -2.66. The van der Waals surface area contributed by atoms with Crippen LogP contribution in [0.15, 0.2) is 127 Å². The summed E-state index contributed by atoms with van der Waals surface area (Å²) in [4.78, 5) is 0. The van der Waals surface area contributed by atoms with Gasteiger partial charge in [0, 0.05) is 0 Å². The number of unbranched alkanes of at least 4 members (excludes halogenated alkanes) is 4. The van der Waals surface area contributed by atoms with Crippen molar-refractivity contribution in [2.45, 2.75) is 130 Å². The third kappa shape index (κ3) is 15.4. The predicted molar refractivity (Wildman–Crippen MR) is 297 cm³/mol. The lowest BCUT2D eigenvalue weighted by atomic mass is 9.40. The molecule has 13 nitrogen and oxygen atoms in total. The van der Waals surface area contributed by atoms with E-state index in [0.717, 1.165) is 32.1 Å². The molecule has 5 N–H and O–H groups in total. The van der Waals surface area contributed by atoms with E-state index in [0.29, 0.717) is 116 Å². The molecule has 2 unspecified atom stereocenters. The fourth-order valence-electron chi connectivity index (χ4n) is 9.50. The van der Waals surface area contributed by atoms with Crippen molar-refractivity contribution in [3.05, 3.63) is 161 Å². The second kappa shape index (κ2) is 28.3. The van der Waals surface area contributed by atoms with Crippen LogP contribution in [0.5, 0.6) is 34.5 Å². The molecule has 0 saturated carbocycles. The molecule has 16 heteroatoms. The molecule has 0 radical (unpaired) electrons. The van der Waals surface area contributed by atoms with Gasteiger partial charge in [0.15, 0.2) is 0 Å². The number of benzene rings is 6. The maximum atomic E-state index is 13.0.